The van der Waals surface area contributed by atoms with Crippen LogP contribution in [0.25, 0.3) is 22.5 Å². The molecule has 152 valence electrons. The normalized spacial score (nSPS) is 10.5. The van der Waals surface area contributed by atoms with Gasteiger partial charge in [0.2, 0.25) is 0 Å². The van der Waals surface area contributed by atoms with Gasteiger partial charge >= 0.3 is 6.03 Å². The Balaban J connectivity index is 1.41. The number of carbonyl (C=O) groups is 1. The maximum Gasteiger partial charge on any atom is 0.327 e. The summed E-state index contributed by atoms with van der Waals surface area (Å²) >= 11 is 2.70. The van der Waals surface area contributed by atoms with Gasteiger partial charge < -0.3 is 9.47 Å². The van der Waals surface area contributed by atoms with Crippen molar-refractivity contribution in [3.8, 4) is 34.0 Å². The Kier molecular flexibility index (Phi) is 5.92. The molecule has 0 unspecified atom stereocenters. The summed E-state index contributed by atoms with van der Waals surface area (Å²) in [6.07, 6.45) is 0. The molecule has 7 nitrogen and oxygen atoms in total. The molecule has 0 aliphatic heterocycles. The summed E-state index contributed by atoms with van der Waals surface area (Å²) in [6, 6.07) is 14.8. The lowest BCUT2D eigenvalue weighted by Gasteiger charge is -2.03. The largest absolute Gasteiger partial charge is 0.497 e. The van der Waals surface area contributed by atoms with E-state index < -0.39 is 6.03 Å². The minimum absolute atomic E-state index is 0.395. The molecule has 0 saturated carbocycles. The fourth-order valence-corrected chi connectivity index (χ4v) is 4.15. The Morgan fingerprint density at radius 3 is 1.70 bits per heavy atom. The molecule has 0 radical (unpaired) electrons. The summed E-state index contributed by atoms with van der Waals surface area (Å²) in [5.74, 6) is 1.51. The Hall–Kier alpha value is -3.43. The summed E-state index contributed by atoms with van der Waals surface area (Å²) in [5.41, 5.74) is 3.37. The number of hydrogen-bond donors (Lipinski definition) is 2. The standard InChI is InChI=1S/C21H18N4O3S2/c1-27-15-7-3-5-13(9-15)17-11-29-20(22-17)24-19(26)25-21-23-18(12-30-21)14-6-4-8-16(10-14)28-2/h3-12H,1-2H3,(H2,22,23,24,25,26). The maximum atomic E-state index is 12.3. The van der Waals surface area contributed by atoms with Gasteiger partial charge in [-0.15, -0.1) is 22.7 Å². The SMILES string of the molecule is COc1cccc(-c2csc(NC(=O)Nc3nc(-c4cccc(OC)c4)cs3)n2)c1. The van der Waals surface area contributed by atoms with E-state index in [0.717, 1.165) is 34.0 Å². The third-order valence-corrected chi connectivity index (χ3v) is 5.70. The molecule has 0 bridgehead atoms. The molecule has 2 aromatic carbocycles. The predicted molar refractivity (Wildman–Crippen MR) is 121 cm³/mol. The molecule has 0 spiro atoms. The molecule has 2 heterocycles. The molecule has 2 amide bonds. The van der Waals surface area contributed by atoms with Crippen molar-refractivity contribution in [1.29, 1.82) is 0 Å². The number of amides is 2. The zero-order valence-corrected chi connectivity index (χ0v) is 17.8. The number of ether oxygens (including phenoxy) is 2. The van der Waals surface area contributed by atoms with E-state index in [1.165, 1.54) is 22.7 Å². The number of rotatable bonds is 6. The van der Waals surface area contributed by atoms with Gasteiger partial charge in [-0.3, -0.25) is 10.6 Å². The second kappa shape index (κ2) is 8.93. The highest BCUT2D eigenvalue weighted by Gasteiger charge is 2.11. The number of aromatic nitrogens is 2. The van der Waals surface area contributed by atoms with Gasteiger partial charge in [-0.1, -0.05) is 24.3 Å². The van der Waals surface area contributed by atoms with Gasteiger partial charge in [0, 0.05) is 21.9 Å². The van der Waals surface area contributed by atoms with Crippen molar-refractivity contribution in [3.05, 3.63) is 59.3 Å². The lowest BCUT2D eigenvalue weighted by atomic mass is 10.2. The molecule has 9 heteroatoms. The summed E-state index contributed by atoms with van der Waals surface area (Å²) in [4.78, 5) is 21.3. The van der Waals surface area contributed by atoms with Crippen molar-refractivity contribution in [1.82, 2.24) is 9.97 Å². The van der Waals surface area contributed by atoms with E-state index in [2.05, 4.69) is 20.6 Å². The van der Waals surface area contributed by atoms with Crippen LogP contribution in [0.5, 0.6) is 11.5 Å². The Morgan fingerprint density at radius 1 is 0.800 bits per heavy atom. The topological polar surface area (TPSA) is 85.4 Å². The Bertz CT molecular complexity index is 1080. The van der Waals surface area contributed by atoms with Crippen molar-refractivity contribution < 1.29 is 14.3 Å². The summed E-state index contributed by atoms with van der Waals surface area (Å²) < 4.78 is 10.5. The van der Waals surface area contributed by atoms with E-state index >= 15 is 0 Å². The van der Waals surface area contributed by atoms with Crippen molar-refractivity contribution in [2.75, 3.05) is 24.9 Å². The lowest BCUT2D eigenvalue weighted by Crippen LogP contribution is -2.19. The molecular weight excluding hydrogens is 420 g/mol. The monoisotopic (exact) mass is 438 g/mol. The third-order valence-electron chi connectivity index (χ3n) is 4.18. The summed E-state index contributed by atoms with van der Waals surface area (Å²) in [6.45, 7) is 0. The number of thiazole rings is 2. The smallest absolute Gasteiger partial charge is 0.327 e. The zero-order valence-electron chi connectivity index (χ0n) is 16.2. The van der Waals surface area contributed by atoms with Gasteiger partial charge in [0.1, 0.15) is 11.5 Å². The van der Waals surface area contributed by atoms with Gasteiger partial charge in [-0.2, -0.15) is 0 Å². The highest BCUT2D eigenvalue weighted by Crippen LogP contribution is 2.29. The molecule has 0 aliphatic rings. The van der Waals surface area contributed by atoms with Crippen molar-refractivity contribution in [2.45, 2.75) is 0 Å². The van der Waals surface area contributed by atoms with Gasteiger partial charge in [-0.25, -0.2) is 14.8 Å². The minimum atomic E-state index is -0.395. The Morgan fingerprint density at radius 2 is 1.27 bits per heavy atom. The number of nitrogens with zero attached hydrogens (tertiary/aromatic N) is 2. The number of hydrogen-bond acceptors (Lipinski definition) is 7. The van der Waals surface area contributed by atoms with Gasteiger partial charge in [0.15, 0.2) is 10.3 Å². The van der Waals surface area contributed by atoms with Crippen molar-refractivity contribution in [2.24, 2.45) is 0 Å². The molecule has 2 N–H and O–H groups in total. The highest BCUT2D eigenvalue weighted by molar-refractivity contribution is 7.14. The highest BCUT2D eigenvalue weighted by atomic mass is 32.1. The first-order valence-electron chi connectivity index (χ1n) is 8.92. The molecular formula is C21H18N4O3S2. The molecule has 2 aromatic heterocycles. The van der Waals surface area contributed by atoms with Crippen molar-refractivity contribution in [3.63, 3.8) is 0 Å². The van der Waals surface area contributed by atoms with E-state index in [1.807, 2.05) is 59.3 Å². The first kappa shape index (κ1) is 19.9. The third kappa shape index (κ3) is 4.58. The van der Waals surface area contributed by atoms with Crippen LogP contribution >= 0.6 is 22.7 Å². The molecule has 4 aromatic rings. The Labute approximate surface area is 181 Å². The molecule has 0 atom stereocenters. The zero-order chi connectivity index (χ0) is 20.9. The number of carbonyl (C=O) groups excluding carboxylic acids is 1. The number of methoxy groups -OCH3 is 2. The molecule has 30 heavy (non-hydrogen) atoms. The van der Waals surface area contributed by atoms with E-state index in [9.17, 15) is 4.79 Å². The molecule has 0 aliphatic carbocycles. The van der Waals surface area contributed by atoms with Crippen LogP contribution in [0.4, 0.5) is 15.1 Å². The molecule has 4 rings (SSSR count). The first-order chi connectivity index (χ1) is 14.6. The van der Waals surface area contributed by atoms with Crippen LogP contribution in [0.3, 0.4) is 0 Å². The second-order valence-electron chi connectivity index (χ2n) is 6.12. The average molecular weight is 439 g/mol. The number of urea groups is 1. The van der Waals surface area contributed by atoms with E-state index in [-0.39, 0.29) is 0 Å². The minimum Gasteiger partial charge on any atom is -0.497 e. The number of anilines is 2. The van der Waals surface area contributed by atoms with Crippen LogP contribution in [-0.2, 0) is 0 Å². The van der Waals surface area contributed by atoms with Crippen molar-refractivity contribution >= 4 is 39.0 Å². The maximum absolute atomic E-state index is 12.3. The van der Waals surface area contributed by atoms with Gasteiger partial charge in [-0.05, 0) is 24.3 Å². The van der Waals surface area contributed by atoms with Crippen LogP contribution in [0, 0.1) is 0 Å². The number of nitrogens with one attached hydrogen (secondary N) is 2. The first-order valence-corrected chi connectivity index (χ1v) is 10.7. The van der Waals surface area contributed by atoms with E-state index in [4.69, 9.17) is 9.47 Å². The van der Waals surface area contributed by atoms with Crippen LogP contribution in [0.15, 0.2) is 59.3 Å². The predicted octanol–water partition coefficient (Wildman–Crippen LogP) is 5.59. The van der Waals surface area contributed by atoms with E-state index in [1.54, 1.807) is 14.2 Å². The second-order valence-corrected chi connectivity index (χ2v) is 7.84. The molecule has 0 saturated heterocycles. The summed E-state index contributed by atoms with van der Waals surface area (Å²) in [7, 11) is 3.24. The van der Waals surface area contributed by atoms with Crippen LogP contribution in [0.1, 0.15) is 0 Å². The van der Waals surface area contributed by atoms with Crippen LogP contribution in [0.2, 0.25) is 0 Å². The quantitative estimate of drug-likeness (QED) is 0.410. The number of benzene rings is 2. The molecule has 0 fully saturated rings. The van der Waals surface area contributed by atoms with E-state index in [0.29, 0.717) is 10.3 Å². The fourth-order valence-electron chi connectivity index (χ4n) is 2.72. The van der Waals surface area contributed by atoms with Crippen LogP contribution < -0.4 is 20.1 Å². The van der Waals surface area contributed by atoms with Crippen LogP contribution in [-0.4, -0.2) is 30.2 Å². The fraction of sp³-hybridized carbons (Fsp3) is 0.0952. The average Bonchev–Trinajstić information content (AvgIpc) is 3.43. The van der Waals surface area contributed by atoms with Gasteiger partial charge in [0.05, 0.1) is 25.6 Å². The summed E-state index contributed by atoms with van der Waals surface area (Å²) in [5, 5.41) is 10.3. The van der Waals surface area contributed by atoms with Gasteiger partial charge in [0.25, 0.3) is 0 Å². The lowest BCUT2D eigenvalue weighted by molar-refractivity contribution is 0.262.